The summed E-state index contributed by atoms with van der Waals surface area (Å²) in [5, 5.41) is 0. The fraction of sp³-hybridized carbons (Fsp3) is 0.133. The third-order valence-electron chi connectivity index (χ3n) is 2.86. The Labute approximate surface area is 129 Å². The van der Waals surface area contributed by atoms with Gasteiger partial charge in [-0.15, -0.1) is 0 Å². The Morgan fingerprint density at radius 2 is 1.67 bits per heavy atom. The van der Waals surface area contributed by atoms with Gasteiger partial charge >= 0.3 is 0 Å². The van der Waals surface area contributed by atoms with E-state index < -0.39 is 0 Å². The maximum absolute atomic E-state index is 12.4. The highest BCUT2D eigenvalue weighted by Gasteiger charge is 2.13. The van der Waals surface area contributed by atoms with Crippen LogP contribution in [0.5, 0.6) is 0 Å². The Morgan fingerprint density at radius 1 is 1.06 bits per heavy atom. The average molecular weight is 415 g/mol. The Morgan fingerprint density at radius 3 is 2.28 bits per heavy atom. The SMILES string of the molecule is Cc1cc(C(=O)c2ccc(I)cc2)c(C)cc1Br. The van der Waals surface area contributed by atoms with Crippen molar-refractivity contribution in [2.45, 2.75) is 13.8 Å². The molecule has 3 heteroatoms. The molecule has 18 heavy (non-hydrogen) atoms. The zero-order valence-corrected chi connectivity index (χ0v) is 13.9. The van der Waals surface area contributed by atoms with Crippen LogP contribution in [0.2, 0.25) is 0 Å². The third-order valence-corrected chi connectivity index (χ3v) is 4.43. The van der Waals surface area contributed by atoms with E-state index in [0.29, 0.717) is 0 Å². The first kappa shape index (κ1) is 13.7. The molecule has 2 aromatic rings. The average Bonchev–Trinajstić information content (AvgIpc) is 2.34. The molecule has 92 valence electrons. The Hall–Kier alpha value is -0.680. The monoisotopic (exact) mass is 414 g/mol. The summed E-state index contributed by atoms with van der Waals surface area (Å²) in [6.07, 6.45) is 0. The van der Waals surface area contributed by atoms with Crippen LogP contribution in [-0.2, 0) is 0 Å². The molecule has 0 amide bonds. The molecule has 0 heterocycles. The van der Waals surface area contributed by atoms with Gasteiger partial charge in [0.25, 0.3) is 0 Å². The van der Waals surface area contributed by atoms with Crippen molar-refractivity contribution in [3.8, 4) is 0 Å². The van der Waals surface area contributed by atoms with Crippen LogP contribution in [0.3, 0.4) is 0 Å². The molecule has 0 radical (unpaired) electrons. The largest absolute Gasteiger partial charge is 0.289 e. The third kappa shape index (κ3) is 2.83. The van der Waals surface area contributed by atoms with Crippen molar-refractivity contribution in [3.05, 3.63) is 66.7 Å². The topological polar surface area (TPSA) is 17.1 Å². The Kier molecular flexibility index (Phi) is 4.22. The van der Waals surface area contributed by atoms with E-state index in [9.17, 15) is 4.79 Å². The van der Waals surface area contributed by atoms with Gasteiger partial charge in [0.2, 0.25) is 0 Å². The maximum atomic E-state index is 12.4. The second-order valence-electron chi connectivity index (χ2n) is 4.25. The number of rotatable bonds is 2. The number of aryl methyl sites for hydroxylation is 2. The van der Waals surface area contributed by atoms with E-state index in [1.165, 1.54) is 0 Å². The maximum Gasteiger partial charge on any atom is 0.193 e. The summed E-state index contributed by atoms with van der Waals surface area (Å²) in [6, 6.07) is 11.6. The fourth-order valence-corrected chi connectivity index (χ4v) is 2.60. The highest BCUT2D eigenvalue weighted by molar-refractivity contribution is 14.1. The molecule has 1 nitrogen and oxygen atoms in total. The van der Waals surface area contributed by atoms with Gasteiger partial charge in [-0.05, 0) is 84.0 Å². The molecular weight excluding hydrogens is 403 g/mol. The Bertz CT molecular complexity index is 603. The summed E-state index contributed by atoms with van der Waals surface area (Å²) in [5.74, 6) is 0.0829. The molecule has 0 unspecified atom stereocenters. The molecule has 0 aliphatic heterocycles. The number of hydrogen-bond donors (Lipinski definition) is 0. The smallest absolute Gasteiger partial charge is 0.193 e. The van der Waals surface area contributed by atoms with Crippen LogP contribution < -0.4 is 0 Å². The highest BCUT2D eigenvalue weighted by Crippen LogP contribution is 2.23. The predicted molar refractivity (Wildman–Crippen MR) is 86.2 cm³/mol. The van der Waals surface area contributed by atoms with E-state index in [0.717, 1.165) is 30.3 Å². The minimum atomic E-state index is 0.0829. The molecule has 0 saturated heterocycles. The van der Waals surface area contributed by atoms with Crippen LogP contribution in [0, 0.1) is 17.4 Å². The quantitative estimate of drug-likeness (QED) is 0.504. The van der Waals surface area contributed by atoms with E-state index in [-0.39, 0.29) is 5.78 Å². The second kappa shape index (κ2) is 5.53. The normalized spacial score (nSPS) is 10.4. The summed E-state index contributed by atoms with van der Waals surface area (Å²) in [5.41, 5.74) is 3.59. The first-order valence-corrected chi connectivity index (χ1v) is 7.43. The lowest BCUT2D eigenvalue weighted by Gasteiger charge is -2.08. The van der Waals surface area contributed by atoms with Crippen LogP contribution >= 0.6 is 38.5 Å². The lowest BCUT2D eigenvalue weighted by molar-refractivity contribution is 0.103. The van der Waals surface area contributed by atoms with Gasteiger partial charge in [-0.25, -0.2) is 0 Å². The molecule has 0 spiro atoms. The lowest BCUT2D eigenvalue weighted by Crippen LogP contribution is -2.04. The zero-order chi connectivity index (χ0) is 13.3. The van der Waals surface area contributed by atoms with E-state index in [4.69, 9.17) is 0 Å². The van der Waals surface area contributed by atoms with Gasteiger partial charge in [0.15, 0.2) is 5.78 Å². The molecule has 0 aromatic heterocycles. The van der Waals surface area contributed by atoms with E-state index >= 15 is 0 Å². The van der Waals surface area contributed by atoms with Crippen LogP contribution in [0.1, 0.15) is 27.0 Å². The van der Waals surface area contributed by atoms with Crippen molar-refractivity contribution in [2.75, 3.05) is 0 Å². The number of hydrogen-bond acceptors (Lipinski definition) is 1. The molecule has 0 bridgehead atoms. The fourth-order valence-electron chi connectivity index (χ4n) is 1.78. The van der Waals surface area contributed by atoms with Gasteiger partial charge in [-0.3, -0.25) is 4.79 Å². The van der Waals surface area contributed by atoms with Crippen LogP contribution in [0.15, 0.2) is 40.9 Å². The van der Waals surface area contributed by atoms with Crippen LogP contribution in [0.25, 0.3) is 0 Å². The molecule has 0 saturated carbocycles. The van der Waals surface area contributed by atoms with Gasteiger partial charge in [0.05, 0.1) is 0 Å². The second-order valence-corrected chi connectivity index (χ2v) is 6.35. The zero-order valence-electron chi connectivity index (χ0n) is 10.1. The molecule has 0 fully saturated rings. The van der Waals surface area contributed by atoms with Gasteiger partial charge in [0, 0.05) is 19.2 Å². The predicted octanol–water partition coefficient (Wildman–Crippen LogP) is 4.90. The minimum Gasteiger partial charge on any atom is -0.289 e. The molecule has 0 aliphatic rings. The van der Waals surface area contributed by atoms with Gasteiger partial charge in [-0.1, -0.05) is 15.9 Å². The van der Waals surface area contributed by atoms with E-state index in [2.05, 4.69) is 38.5 Å². The lowest BCUT2D eigenvalue weighted by atomic mass is 9.97. The standard InChI is InChI=1S/C15H12BrIO/c1-9-8-14(16)10(2)7-13(9)15(18)11-3-5-12(17)6-4-11/h3-8H,1-2H3. The van der Waals surface area contributed by atoms with Crippen molar-refractivity contribution in [1.82, 2.24) is 0 Å². The summed E-state index contributed by atoms with van der Waals surface area (Å²) in [4.78, 5) is 12.4. The number of carbonyl (C=O) groups is 1. The number of benzene rings is 2. The molecule has 2 aromatic carbocycles. The van der Waals surface area contributed by atoms with Crippen molar-refractivity contribution in [2.24, 2.45) is 0 Å². The van der Waals surface area contributed by atoms with Crippen molar-refractivity contribution in [3.63, 3.8) is 0 Å². The first-order chi connectivity index (χ1) is 8.49. The molecule has 2 rings (SSSR count). The summed E-state index contributed by atoms with van der Waals surface area (Å²) in [7, 11) is 0. The first-order valence-electron chi connectivity index (χ1n) is 5.56. The highest BCUT2D eigenvalue weighted by atomic mass is 127. The van der Waals surface area contributed by atoms with E-state index in [1.54, 1.807) is 0 Å². The van der Waals surface area contributed by atoms with Crippen LogP contribution in [0.4, 0.5) is 0 Å². The molecule has 0 N–H and O–H groups in total. The summed E-state index contributed by atoms with van der Waals surface area (Å²) in [6.45, 7) is 3.96. The van der Waals surface area contributed by atoms with Crippen molar-refractivity contribution < 1.29 is 4.79 Å². The van der Waals surface area contributed by atoms with E-state index in [1.807, 2.05) is 50.2 Å². The van der Waals surface area contributed by atoms with Crippen LogP contribution in [-0.4, -0.2) is 5.78 Å². The molecule has 0 aliphatic carbocycles. The minimum absolute atomic E-state index is 0.0829. The molecule has 0 atom stereocenters. The van der Waals surface area contributed by atoms with Crippen molar-refractivity contribution in [1.29, 1.82) is 0 Å². The summed E-state index contributed by atoms with van der Waals surface area (Å²) >= 11 is 5.72. The Balaban J connectivity index is 2.46. The van der Waals surface area contributed by atoms with Gasteiger partial charge in [0.1, 0.15) is 0 Å². The summed E-state index contributed by atoms with van der Waals surface area (Å²) < 4.78 is 2.17. The van der Waals surface area contributed by atoms with Crippen molar-refractivity contribution >= 4 is 44.3 Å². The number of carbonyl (C=O) groups excluding carboxylic acids is 1. The number of halogens is 2. The van der Waals surface area contributed by atoms with Gasteiger partial charge in [-0.2, -0.15) is 0 Å². The molecular formula is C15H12BrIO. The van der Waals surface area contributed by atoms with Gasteiger partial charge < -0.3 is 0 Å². The number of ketones is 1.